The Hall–Kier alpha value is -0.650. The van der Waals surface area contributed by atoms with Gasteiger partial charge in [-0.25, -0.2) is 0 Å². The van der Waals surface area contributed by atoms with Crippen molar-refractivity contribution in [3.05, 3.63) is 0 Å². The predicted molar refractivity (Wildman–Crippen MR) is 40.0 cm³/mol. The summed E-state index contributed by atoms with van der Waals surface area (Å²) < 4.78 is 0. The Labute approximate surface area is 64.7 Å². The van der Waals surface area contributed by atoms with Gasteiger partial charge < -0.3 is 21.9 Å². The molecule has 2 atom stereocenters. The minimum absolute atomic E-state index is 0.148. The van der Waals surface area contributed by atoms with Crippen LogP contribution in [0.1, 0.15) is 6.42 Å². The Morgan fingerprint density at radius 1 is 1.73 bits per heavy atom. The first kappa shape index (κ1) is 8.45. The molecule has 0 saturated carbocycles. The predicted octanol–water partition coefficient (Wildman–Crippen LogP) is -1.91. The lowest BCUT2D eigenvalue weighted by molar-refractivity contribution is -0.144. The van der Waals surface area contributed by atoms with Crippen LogP contribution in [0.5, 0.6) is 0 Å². The van der Waals surface area contributed by atoms with Crippen molar-refractivity contribution in [3.63, 3.8) is 0 Å². The first-order valence-corrected chi connectivity index (χ1v) is 3.53. The highest BCUT2D eigenvalue weighted by Gasteiger charge is 2.38. The van der Waals surface area contributed by atoms with E-state index in [1.165, 1.54) is 0 Å². The van der Waals surface area contributed by atoms with Gasteiger partial charge in [-0.1, -0.05) is 0 Å². The lowest BCUT2D eigenvalue weighted by Crippen LogP contribution is -2.63. The van der Waals surface area contributed by atoms with E-state index in [1.54, 1.807) is 0 Å². The molecule has 0 aromatic heterocycles. The van der Waals surface area contributed by atoms with Gasteiger partial charge in [0.25, 0.3) is 0 Å². The number of nitrogens with two attached hydrogens (primary N) is 2. The standard InChI is InChI=1S/C6H13N3O2/c7-4-1-6(8,5(10)11)3-9-2-4/h4,9H,1-3,7-8H2,(H,10,11). The van der Waals surface area contributed by atoms with Crippen molar-refractivity contribution in [1.29, 1.82) is 0 Å². The summed E-state index contributed by atoms with van der Waals surface area (Å²) in [5.41, 5.74) is 9.92. The zero-order chi connectivity index (χ0) is 8.48. The molecule has 0 amide bonds. The largest absolute Gasteiger partial charge is 0.480 e. The van der Waals surface area contributed by atoms with Gasteiger partial charge in [-0.15, -0.1) is 0 Å². The molecule has 1 aliphatic rings. The van der Waals surface area contributed by atoms with E-state index >= 15 is 0 Å². The van der Waals surface area contributed by atoms with Crippen molar-refractivity contribution in [2.45, 2.75) is 18.0 Å². The SMILES string of the molecule is NC1CNCC(N)(C(=O)O)C1. The van der Waals surface area contributed by atoms with Crippen LogP contribution in [0.3, 0.4) is 0 Å². The molecule has 1 heterocycles. The molecule has 0 aromatic rings. The maximum absolute atomic E-state index is 10.6. The molecule has 2 unspecified atom stereocenters. The van der Waals surface area contributed by atoms with Crippen LogP contribution in [0, 0.1) is 0 Å². The number of carboxylic acid groups (broad SMARTS) is 1. The number of hydrogen-bond acceptors (Lipinski definition) is 4. The molecule has 1 rings (SSSR count). The van der Waals surface area contributed by atoms with Gasteiger partial charge in [-0.05, 0) is 6.42 Å². The summed E-state index contributed by atoms with van der Waals surface area (Å²) in [6.45, 7) is 0.947. The first-order valence-electron chi connectivity index (χ1n) is 3.53. The van der Waals surface area contributed by atoms with Crippen LogP contribution in [0.25, 0.3) is 0 Å². The summed E-state index contributed by atoms with van der Waals surface area (Å²) in [7, 11) is 0. The highest BCUT2D eigenvalue weighted by molar-refractivity contribution is 5.79. The van der Waals surface area contributed by atoms with Gasteiger partial charge >= 0.3 is 5.97 Å². The fraction of sp³-hybridized carbons (Fsp3) is 0.833. The summed E-state index contributed by atoms with van der Waals surface area (Å²) in [6, 6.07) is -0.148. The summed E-state index contributed by atoms with van der Waals surface area (Å²) >= 11 is 0. The third kappa shape index (κ3) is 1.68. The van der Waals surface area contributed by atoms with Crippen molar-refractivity contribution in [2.24, 2.45) is 11.5 Å². The molecule has 11 heavy (non-hydrogen) atoms. The number of carboxylic acids is 1. The third-order valence-corrected chi connectivity index (χ3v) is 1.90. The number of nitrogens with one attached hydrogen (secondary N) is 1. The summed E-state index contributed by atoms with van der Waals surface area (Å²) in [5, 5.41) is 11.6. The Morgan fingerprint density at radius 3 is 2.73 bits per heavy atom. The molecule has 1 fully saturated rings. The summed E-state index contributed by atoms with van der Waals surface area (Å²) in [6.07, 6.45) is 0.343. The monoisotopic (exact) mass is 159 g/mol. The van der Waals surface area contributed by atoms with Gasteiger partial charge in [0.15, 0.2) is 0 Å². The Bertz CT molecular complexity index is 173. The smallest absolute Gasteiger partial charge is 0.325 e. The molecule has 0 radical (unpaired) electrons. The van der Waals surface area contributed by atoms with Crippen LogP contribution >= 0.6 is 0 Å². The van der Waals surface area contributed by atoms with Gasteiger partial charge in [-0.3, -0.25) is 4.79 Å². The Kier molecular flexibility index (Phi) is 2.12. The lowest BCUT2D eigenvalue weighted by atomic mass is 9.89. The average molecular weight is 159 g/mol. The molecule has 0 bridgehead atoms. The van der Waals surface area contributed by atoms with Gasteiger partial charge in [0.2, 0.25) is 0 Å². The molecular formula is C6H13N3O2. The zero-order valence-corrected chi connectivity index (χ0v) is 6.21. The van der Waals surface area contributed by atoms with E-state index < -0.39 is 11.5 Å². The molecule has 0 aliphatic carbocycles. The normalized spacial score (nSPS) is 38.5. The van der Waals surface area contributed by atoms with E-state index in [-0.39, 0.29) is 6.04 Å². The highest BCUT2D eigenvalue weighted by Crippen LogP contribution is 2.11. The lowest BCUT2D eigenvalue weighted by Gasteiger charge is -2.33. The quantitative estimate of drug-likeness (QED) is 0.357. The molecule has 1 saturated heterocycles. The van der Waals surface area contributed by atoms with Gasteiger partial charge in [-0.2, -0.15) is 0 Å². The molecule has 0 spiro atoms. The molecule has 64 valence electrons. The Balaban J connectivity index is 2.63. The van der Waals surface area contributed by atoms with E-state index in [0.717, 1.165) is 0 Å². The van der Waals surface area contributed by atoms with E-state index in [1.807, 2.05) is 0 Å². The molecule has 5 heteroatoms. The first-order chi connectivity index (χ1) is 5.04. The van der Waals surface area contributed by atoms with Crippen LogP contribution < -0.4 is 16.8 Å². The minimum Gasteiger partial charge on any atom is -0.480 e. The number of rotatable bonds is 1. The average Bonchev–Trinajstić information content (AvgIpc) is 1.86. The van der Waals surface area contributed by atoms with E-state index in [0.29, 0.717) is 19.5 Å². The van der Waals surface area contributed by atoms with Crippen LogP contribution in [-0.4, -0.2) is 35.7 Å². The number of aliphatic carboxylic acids is 1. The van der Waals surface area contributed by atoms with Gasteiger partial charge in [0, 0.05) is 19.1 Å². The topological polar surface area (TPSA) is 101 Å². The van der Waals surface area contributed by atoms with E-state index in [9.17, 15) is 4.79 Å². The van der Waals surface area contributed by atoms with Crippen LogP contribution in [0.2, 0.25) is 0 Å². The second kappa shape index (κ2) is 2.77. The zero-order valence-electron chi connectivity index (χ0n) is 6.21. The molecule has 6 N–H and O–H groups in total. The highest BCUT2D eigenvalue weighted by atomic mass is 16.4. The van der Waals surface area contributed by atoms with Gasteiger partial charge in [0.1, 0.15) is 5.54 Å². The fourth-order valence-corrected chi connectivity index (χ4v) is 1.26. The molecule has 1 aliphatic heterocycles. The molecular weight excluding hydrogens is 146 g/mol. The van der Waals surface area contributed by atoms with Crippen LogP contribution in [0.4, 0.5) is 0 Å². The van der Waals surface area contributed by atoms with E-state index in [4.69, 9.17) is 16.6 Å². The number of piperidine rings is 1. The van der Waals surface area contributed by atoms with Gasteiger partial charge in [0.05, 0.1) is 0 Å². The summed E-state index contributed by atoms with van der Waals surface area (Å²) in [5.74, 6) is -0.986. The van der Waals surface area contributed by atoms with Crippen molar-refractivity contribution >= 4 is 5.97 Å². The van der Waals surface area contributed by atoms with Crippen molar-refractivity contribution < 1.29 is 9.90 Å². The van der Waals surface area contributed by atoms with Crippen molar-refractivity contribution in [3.8, 4) is 0 Å². The Morgan fingerprint density at radius 2 is 2.36 bits per heavy atom. The maximum Gasteiger partial charge on any atom is 0.325 e. The number of hydrogen-bond donors (Lipinski definition) is 4. The number of carbonyl (C=O) groups is 1. The van der Waals surface area contributed by atoms with Crippen LogP contribution in [0.15, 0.2) is 0 Å². The molecule has 5 nitrogen and oxygen atoms in total. The van der Waals surface area contributed by atoms with Crippen molar-refractivity contribution in [1.82, 2.24) is 5.32 Å². The second-order valence-electron chi connectivity index (χ2n) is 3.06. The minimum atomic E-state index is -1.17. The third-order valence-electron chi connectivity index (χ3n) is 1.90. The molecule has 0 aromatic carbocycles. The second-order valence-corrected chi connectivity index (χ2v) is 3.06. The summed E-state index contributed by atoms with van der Waals surface area (Å²) in [4.78, 5) is 10.6. The van der Waals surface area contributed by atoms with Crippen molar-refractivity contribution in [2.75, 3.05) is 13.1 Å². The maximum atomic E-state index is 10.6. The fourth-order valence-electron chi connectivity index (χ4n) is 1.26. The van der Waals surface area contributed by atoms with Crippen LogP contribution in [-0.2, 0) is 4.79 Å². The van der Waals surface area contributed by atoms with E-state index in [2.05, 4.69) is 5.32 Å².